The third kappa shape index (κ3) is 7.82. The van der Waals surface area contributed by atoms with Crippen LogP contribution in [-0.2, 0) is 9.53 Å². The highest BCUT2D eigenvalue weighted by Crippen LogP contribution is 2.13. The Labute approximate surface area is 140 Å². The molecule has 130 valence electrons. The van der Waals surface area contributed by atoms with E-state index >= 15 is 0 Å². The minimum atomic E-state index is -0.655. The van der Waals surface area contributed by atoms with Gasteiger partial charge in [0.05, 0.1) is 0 Å². The Morgan fingerprint density at radius 1 is 1.04 bits per heavy atom. The fraction of sp³-hybridized carbons (Fsp3) is 0.579. The predicted molar refractivity (Wildman–Crippen MR) is 94.5 cm³/mol. The Kier molecular flexibility index (Phi) is 8.59. The highest BCUT2D eigenvalue weighted by Gasteiger charge is 2.29. The first-order valence-corrected chi connectivity index (χ1v) is 8.20. The number of carbonyl (C=O) groups excluding carboxylic acids is 2. The van der Waals surface area contributed by atoms with E-state index < -0.39 is 17.6 Å². The minimum absolute atomic E-state index is 0.0470. The molecule has 0 fully saturated rings. The van der Waals surface area contributed by atoms with E-state index in [1.807, 2.05) is 67.5 Å². The SMILES string of the molecule is CC.Cc1ccc(C(=O)NC(C(=O)OC(C)(C)C)C(C)C)cc1. The summed E-state index contributed by atoms with van der Waals surface area (Å²) in [5.74, 6) is -0.716. The van der Waals surface area contributed by atoms with Crippen LogP contribution in [0.4, 0.5) is 0 Å². The van der Waals surface area contributed by atoms with Gasteiger partial charge in [-0.2, -0.15) is 0 Å². The zero-order chi connectivity index (χ0) is 18.2. The molecule has 1 amide bonds. The average Bonchev–Trinajstić information content (AvgIpc) is 2.45. The summed E-state index contributed by atoms with van der Waals surface area (Å²) in [5, 5.41) is 2.76. The zero-order valence-corrected chi connectivity index (χ0v) is 15.7. The summed E-state index contributed by atoms with van der Waals surface area (Å²) < 4.78 is 5.36. The van der Waals surface area contributed by atoms with E-state index in [1.54, 1.807) is 12.1 Å². The molecule has 0 saturated carbocycles. The number of rotatable bonds is 4. The molecule has 0 heterocycles. The zero-order valence-electron chi connectivity index (χ0n) is 15.7. The van der Waals surface area contributed by atoms with E-state index in [0.29, 0.717) is 5.56 Å². The van der Waals surface area contributed by atoms with Crippen molar-refractivity contribution in [3.05, 3.63) is 35.4 Å². The molecule has 1 aromatic rings. The summed E-state index contributed by atoms with van der Waals surface area (Å²) in [6, 6.07) is 6.58. The molecule has 1 N–H and O–H groups in total. The van der Waals surface area contributed by atoms with Crippen LogP contribution in [0.15, 0.2) is 24.3 Å². The van der Waals surface area contributed by atoms with Crippen LogP contribution in [0, 0.1) is 12.8 Å². The Balaban J connectivity index is 0.00000232. The molecule has 0 aliphatic rings. The third-order valence-corrected chi connectivity index (χ3v) is 2.93. The van der Waals surface area contributed by atoms with E-state index in [0.717, 1.165) is 5.56 Å². The highest BCUT2D eigenvalue weighted by molar-refractivity contribution is 5.96. The van der Waals surface area contributed by atoms with Crippen molar-refractivity contribution in [2.45, 2.75) is 67.0 Å². The number of carbonyl (C=O) groups is 2. The summed E-state index contributed by atoms with van der Waals surface area (Å²) in [6.07, 6.45) is 0. The van der Waals surface area contributed by atoms with Crippen LogP contribution in [0.5, 0.6) is 0 Å². The van der Waals surface area contributed by atoms with Crippen LogP contribution in [0.25, 0.3) is 0 Å². The van der Waals surface area contributed by atoms with Crippen molar-refractivity contribution in [1.29, 1.82) is 0 Å². The maximum Gasteiger partial charge on any atom is 0.329 e. The highest BCUT2D eigenvalue weighted by atomic mass is 16.6. The van der Waals surface area contributed by atoms with Gasteiger partial charge in [-0.15, -0.1) is 0 Å². The van der Waals surface area contributed by atoms with Gasteiger partial charge in [-0.1, -0.05) is 45.4 Å². The largest absolute Gasteiger partial charge is 0.458 e. The van der Waals surface area contributed by atoms with Crippen molar-refractivity contribution in [3.63, 3.8) is 0 Å². The van der Waals surface area contributed by atoms with E-state index in [-0.39, 0.29) is 11.8 Å². The van der Waals surface area contributed by atoms with Gasteiger partial charge >= 0.3 is 5.97 Å². The number of esters is 1. The van der Waals surface area contributed by atoms with Crippen LogP contribution in [0.1, 0.15) is 64.4 Å². The molecule has 1 unspecified atom stereocenters. The maximum atomic E-state index is 12.2. The predicted octanol–water partition coefficient (Wildman–Crippen LogP) is 4.12. The smallest absolute Gasteiger partial charge is 0.329 e. The summed E-state index contributed by atoms with van der Waals surface area (Å²) in [4.78, 5) is 24.4. The molecule has 4 nitrogen and oxygen atoms in total. The van der Waals surface area contributed by atoms with Crippen LogP contribution in [0.2, 0.25) is 0 Å². The number of benzene rings is 1. The van der Waals surface area contributed by atoms with Crippen molar-refractivity contribution in [2.75, 3.05) is 0 Å². The first-order valence-electron chi connectivity index (χ1n) is 8.20. The van der Waals surface area contributed by atoms with E-state index in [4.69, 9.17) is 4.74 Å². The van der Waals surface area contributed by atoms with Gasteiger partial charge in [-0.05, 0) is 45.7 Å². The van der Waals surface area contributed by atoms with Gasteiger partial charge in [0, 0.05) is 5.56 Å². The number of hydrogen-bond donors (Lipinski definition) is 1. The lowest BCUT2D eigenvalue weighted by molar-refractivity contribution is -0.158. The average molecular weight is 321 g/mol. The second-order valence-electron chi connectivity index (χ2n) is 6.59. The first-order chi connectivity index (χ1) is 10.6. The van der Waals surface area contributed by atoms with Gasteiger partial charge in [0.2, 0.25) is 0 Å². The number of hydrogen-bond acceptors (Lipinski definition) is 3. The minimum Gasteiger partial charge on any atom is -0.458 e. The van der Waals surface area contributed by atoms with Crippen LogP contribution in [0.3, 0.4) is 0 Å². The van der Waals surface area contributed by atoms with Gasteiger partial charge in [0.1, 0.15) is 11.6 Å². The van der Waals surface area contributed by atoms with Gasteiger partial charge in [0.25, 0.3) is 5.91 Å². The molecular weight excluding hydrogens is 290 g/mol. The lowest BCUT2D eigenvalue weighted by Crippen LogP contribution is -2.47. The van der Waals surface area contributed by atoms with Crippen LogP contribution >= 0.6 is 0 Å². The molecule has 23 heavy (non-hydrogen) atoms. The molecule has 0 spiro atoms. The second-order valence-corrected chi connectivity index (χ2v) is 6.59. The molecule has 0 aliphatic heterocycles. The Morgan fingerprint density at radius 2 is 1.52 bits per heavy atom. The monoisotopic (exact) mass is 321 g/mol. The third-order valence-electron chi connectivity index (χ3n) is 2.93. The number of ether oxygens (including phenoxy) is 1. The molecule has 0 saturated heterocycles. The van der Waals surface area contributed by atoms with Crippen molar-refractivity contribution in [2.24, 2.45) is 5.92 Å². The van der Waals surface area contributed by atoms with Crippen LogP contribution in [-0.4, -0.2) is 23.5 Å². The summed E-state index contributed by atoms with van der Waals surface area (Å²) in [5.41, 5.74) is 1.05. The van der Waals surface area contributed by atoms with Gasteiger partial charge < -0.3 is 10.1 Å². The van der Waals surface area contributed by atoms with Gasteiger partial charge in [0.15, 0.2) is 0 Å². The van der Waals surface area contributed by atoms with E-state index in [9.17, 15) is 9.59 Å². The van der Waals surface area contributed by atoms with Gasteiger partial charge in [-0.3, -0.25) is 4.79 Å². The molecule has 0 aromatic heterocycles. The standard InChI is InChI=1S/C17H25NO3.C2H6/c1-11(2)14(16(20)21-17(4,5)6)18-15(19)13-9-7-12(3)8-10-13;1-2/h7-11,14H,1-6H3,(H,18,19);1-2H3. The van der Waals surface area contributed by atoms with Crippen molar-refractivity contribution in [3.8, 4) is 0 Å². The molecule has 0 radical (unpaired) electrons. The Morgan fingerprint density at radius 3 is 1.91 bits per heavy atom. The molecule has 1 aromatic carbocycles. The van der Waals surface area contributed by atoms with Gasteiger partial charge in [-0.25, -0.2) is 4.79 Å². The summed E-state index contributed by atoms with van der Waals surface area (Å²) in [7, 11) is 0. The number of amides is 1. The fourth-order valence-corrected chi connectivity index (χ4v) is 1.79. The van der Waals surface area contributed by atoms with E-state index in [1.165, 1.54) is 0 Å². The molecule has 1 rings (SSSR count). The second kappa shape index (κ2) is 9.33. The molecule has 0 aliphatic carbocycles. The summed E-state index contributed by atoms with van der Waals surface area (Å²) >= 11 is 0. The lowest BCUT2D eigenvalue weighted by atomic mass is 10.0. The quantitative estimate of drug-likeness (QED) is 0.849. The van der Waals surface area contributed by atoms with E-state index in [2.05, 4.69) is 5.32 Å². The lowest BCUT2D eigenvalue weighted by Gasteiger charge is -2.26. The Hall–Kier alpha value is -1.84. The summed E-state index contributed by atoms with van der Waals surface area (Å²) in [6.45, 7) is 15.1. The normalized spacial score (nSPS) is 12.0. The molecule has 0 bridgehead atoms. The van der Waals surface area contributed by atoms with Crippen molar-refractivity contribution >= 4 is 11.9 Å². The maximum absolute atomic E-state index is 12.2. The van der Waals surface area contributed by atoms with Crippen molar-refractivity contribution in [1.82, 2.24) is 5.32 Å². The number of aryl methyl sites for hydroxylation is 1. The van der Waals surface area contributed by atoms with Crippen molar-refractivity contribution < 1.29 is 14.3 Å². The fourth-order valence-electron chi connectivity index (χ4n) is 1.79. The number of nitrogens with one attached hydrogen (secondary N) is 1. The molecule has 4 heteroatoms. The molecule has 1 atom stereocenters. The molecular formula is C19H31NO3. The Bertz CT molecular complexity index is 498. The topological polar surface area (TPSA) is 55.4 Å². The van der Waals surface area contributed by atoms with Crippen LogP contribution < -0.4 is 5.32 Å². The first kappa shape index (κ1) is 21.2.